The molecule has 1 atom stereocenters. The van der Waals surface area contributed by atoms with Crippen molar-refractivity contribution in [1.29, 1.82) is 0 Å². The lowest BCUT2D eigenvalue weighted by molar-refractivity contribution is 0.0926. The van der Waals surface area contributed by atoms with Crippen LogP contribution in [0.5, 0.6) is 0 Å². The largest absolute Gasteiger partial charge is 0.293 e. The number of carbonyl (C=O) groups excluding carboxylic acids is 1. The van der Waals surface area contributed by atoms with Crippen molar-refractivity contribution in [2.24, 2.45) is 5.92 Å². The van der Waals surface area contributed by atoms with Gasteiger partial charge in [0.25, 0.3) is 0 Å². The number of thiazole rings is 1. The van der Waals surface area contributed by atoms with Crippen LogP contribution in [0.15, 0.2) is 18.5 Å². The van der Waals surface area contributed by atoms with Gasteiger partial charge in [0.05, 0.1) is 10.6 Å². The predicted octanol–water partition coefficient (Wildman–Crippen LogP) is 3.92. The molecule has 2 aromatic rings. The highest BCUT2D eigenvalue weighted by molar-refractivity contribution is 7.17. The number of carbonyl (C=O) groups is 1. The van der Waals surface area contributed by atoms with E-state index in [4.69, 9.17) is 0 Å². The van der Waals surface area contributed by atoms with Crippen molar-refractivity contribution >= 4 is 17.1 Å². The van der Waals surface area contributed by atoms with Crippen molar-refractivity contribution in [2.75, 3.05) is 0 Å². The molecule has 0 aliphatic rings. The van der Waals surface area contributed by atoms with Crippen molar-refractivity contribution in [3.05, 3.63) is 29.0 Å². The molecule has 0 aliphatic heterocycles. The smallest absolute Gasteiger partial charge is 0.188 e. The molecule has 0 spiro atoms. The number of hydrogen-bond acceptors (Lipinski definition) is 5. The summed E-state index contributed by atoms with van der Waals surface area (Å²) in [5, 5.41) is 0.717. The molecule has 20 heavy (non-hydrogen) atoms. The average Bonchev–Trinajstić information content (AvgIpc) is 2.87. The Morgan fingerprint density at radius 2 is 2.05 bits per heavy atom. The van der Waals surface area contributed by atoms with Crippen LogP contribution in [-0.2, 0) is 0 Å². The summed E-state index contributed by atoms with van der Waals surface area (Å²) in [5.41, 5.74) is 0.783. The predicted molar refractivity (Wildman–Crippen MR) is 80.9 cm³/mol. The van der Waals surface area contributed by atoms with E-state index in [9.17, 15) is 4.79 Å². The van der Waals surface area contributed by atoms with E-state index in [1.807, 2.05) is 13.8 Å². The normalized spacial score (nSPS) is 12.3. The van der Waals surface area contributed by atoms with Crippen LogP contribution in [0.4, 0.5) is 0 Å². The van der Waals surface area contributed by atoms with Crippen molar-refractivity contribution in [3.8, 4) is 10.8 Å². The first-order valence-electron chi connectivity index (χ1n) is 6.92. The van der Waals surface area contributed by atoms with E-state index in [2.05, 4.69) is 21.9 Å². The quantitative estimate of drug-likeness (QED) is 0.756. The van der Waals surface area contributed by atoms with Gasteiger partial charge in [-0.3, -0.25) is 4.79 Å². The maximum Gasteiger partial charge on any atom is 0.188 e. The highest BCUT2D eigenvalue weighted by atomic mass is 32.1. The van der Waals surface area contributed by atoms with Gasteiger partial charge in [-0.25, -0.2) is 15.0 Å². The third-order valence-electron chi connectivity index (χ3n) is 3.22. The molecule has 2 heterocycles. The first-order valence-corrected chi connectivity index (χ1v) is 7.74. The van der Waals surface area contributed by atoms with E-state index < -0.39 is 0 Å². The lowest BCUT2D eigenvalue weighted by atomic mass is 9.98. The van der Waals surface area contributed by atoms with Crippen LogP contribution >= 0.6 is 11.3 Å². The Hall–Kier alpha value is -1.62. The standard InChI is InChI=1S/C15H19N3OS/c1-4-5-7-10(2)12(19)13-11(3)18-15(20-13)14-16-8-6-9-17-14/h6,8-10H,4-5,7H2,1-3H3. The topological polar surface area (TPSA) is 55.7 Å². The fraction of sp³-hybridized carbons (Fsp3) is 0.467. The zero-order valence-corrected chi connectivity index (χ0v) is 12.9. The molecular formula is C15H19N3OS. The van der Waals surface area contributed by atoms with Crippen molar-refractivity contribution in [3.63, 3.8) is 0 Å². The first kappa shape index (κ1) is 14.8. The Bertz CT molecular complexity index is 580. The highest BCUT2D eigenvalue weighted by Crippen LogP contribution is 2.28. The van der Waals surface area contributed by atoms with E-state index in [1.54, 1.807) is 18.5 Å². The molecule has 0 N–H and O–H groups in total. The lowest BCUT2D eigenvalue weighted by Crippen LogP contribution is -2.10. The second-order valence-electron chi connectivity index (χ2n) is 4.91. The van der Waals surface area contributed by atoms with Gasteiger partial charge < -0.3 is 0 Å². The van der Waals surface area contributed by atoms with E-state index in [1.165, 1.54) is 11.3 Å². The summed E-state index contributed by atoms with van der Waals surface area (Å²) in [6.07, 6.45) is 6.50. The van der Waals surface area contributed by atoms with Gasteiger partial charge in [-0.05, 0) is 19.4 Å². The zero-order valence-electron chi connectivity index (χ0n) is 12.1. The summed E-state index contributed by atoms with van der Waals surface area (Å²) in [6, 6.07) is 1.77. The van der Waals surface area contributed by atoms with E-state index in [0.717, 1.165) is 29.8 Å². The van der Waals surface area contributed by atoms with E-state index in [-0.39, 0.29) is 11.7 Å². The molecule has 0 fully saturated rings. The summed E-state index contributed by atoms with van der Waals surface area (Å²) in [6.45, 7) is 6.01. The highest BCUT2D eigenvalue weighted by Gasteiger charge is 2.21. The van der Waals surface area contributed by atoms with Gasteiger partial charge in [-0.2, -0.15) is 0 Å². The molecule has 0 saturated carbocycles. The second-order valence-corrected chi connectivity index (χ2v) is 5.91. The Morgan fingerprint density at radius 3 is 2.70 bits per heavy atom. The van der Waals surface area contributed by atoms with Crippen LogP contribution in [-0.4, -0.2) is 20.7 Å². The Balaban J connectivity index is 2.21. The maximum absolute atomic E-state index is 12.4. The minimum atomic E-state index is 0.0543. The molecule has 0 aliphatic carbocycles. The molecule has 0 amide bonds. The first-order chi connectivity index (χ1) is 9.63. The van der Waals surface area contributed by atoms with E-state index >= 15 is 0 Å². The van der Waals surface area contributed by atoms with Gasteiger partial charge in [0.2, 0.25) is 0 Å². The molecule has 0 bridgehead atoms. The van der Waals surface area contributed by atoms with Gasteiger partial charge in [0.1, 0.15) is 0 Å². The Morgan fingerprint density at radius 1 is 1.35 bits per heavy atom. The monoisotopic (exact) mass is 289 g/mol. The van der Waals surface area contributed by atoms with Crippen LogP contribution in [0, 0.1) is 12.8 Å². The average molecular weight is 289 g/mol. The molecule has 0 aromatic carbocycles. The maximum atomic E-state index is 12.4. The van der Waals surface area contributed by atoms with Crippen LogP contribution in [0.3, 0.4) is 0 Å². The van der Waals surface area contributed by atoms with E-state index in [0.29, 0.717) is 10.8 Å². The number of Topliss-reactive ketones (excluding diaryl/α,β-unsaturated/α-hetero) is 1. The molecule has 4 nitrogen and oxygen atoms in total. The van der Waals surface area contributed by atoms with Crippen molar-refractivity contribution in [2.45, 2.75) is 40.0 Å². The molecule has 5 heteroatoms. The second kappa shape index (κ2) is 6.70. The summed E-state index contributed by atoms with van der Waals surface area (Å²) in [7, 11) is 0. The summed E-state index contributed by atoms with van der Waals surface area (Å²) in [5.74, 6) is 0.829. The summed E-state index contributed by atoms with van der Waals surface area (Å²) < 4.78 is 0. The fourth-order valence-corrected chi connectivity index (χ4v) is 3.06. The zero-order chi connectivity index (χ0) is 14.5. The number of ketones is 1. The van der Waals surface area contributed by atoms with Gasteiger partial charge in [0, 0.05) is 18.3 Å². The van der Waals surface area contributed by atoms with Crippen LogP contribution < -0.4 is 0 Å². The van der Waals surface area contributed by atoms with Crippen LogP contribution in [0.25, 0.3) is 10.8 Å². The number of aromatic nitrogens is 3. The van der Waals surface area contributed by atoms with Gasteiger partial charge in [-0.1, -0.05) is 26.7 Å². The molecular weight excluding hydrogens is 270 g/mol. The molecule has 106 valence electrons. The summed E-state index contributed by atoms with van der Waals surface area (Å²) in [4.78, 5) is 26.0. The molecule has 2 rings (SSSR count). The minimum Gasteiger partial charge on any atom is -0.293 e. The Labute approximate surface area is 123 Å². The number of rotatable bonds is 6. The van der Waals surface area contributed by atoms with Gasteiger partial charge in [-0.15, -0.1) is 11.3 Å². The fourth-order valence-electron chi connectivity index (χ4n) is 2.00. The van der Waals surface area contributed by atoms with Crippen molar-refractivity contribution < 1.29 is 4.79 Å². The number of aryl methyl sites for hydroxylation is 1. The SMILES string of the molecule is CCCCC(C)C(=O)c1sc(-c2ncccn2)nc1C. The molecule has 1 unspecified atom stereocenters. The number of unbranched alkanes of at least 4 members (excludes halogenated alkanes) is 1. The lowest BCUT2D eigenvalue weighted by Gasteiger charge is -2.07. The van der Waals surface area contributed by atoms with Crippen molar-refractivity contribution in [1.82, 2.24) is 15.0 Å². The molecule has 0 radical (unpaired) electrons. The van der Waals surface area contributed by atoms with Gasteiger partial charge in [0.15, 0.2) is 16.6 Å². The third-order valence-corrected chi connectivity index (χ3v) is 4.38. The number of hydrogen-bond donors (Lipinski definition) is 0. The summed E-state index contributed by atoms with van der Waals surface area (Å²) >= 11 is 1.40. The minimum absolute atomic E-state index is 0.0543. The Kier molecular flexibility index (Phi) is 4.95. The van der Waals surface area contributed by atoms with Crippen LogP contribution in [0.2, 0.25) is 0 Å². The number of nitrogens with zero attached hydrogens (tertiary/aromatic N) is 3. The van der Waals surface area contributed by atoms with Crippen LogP contribution in [0.1, 0.15) is 48.5 Å². The molecule has 2 aromatic heterocycles. The van der Waals surface area contributed by atoms with Gasteiger partial charge >= 0.3 is 0 Å². The third kappa shape index (κ3) is 3.28. The molecule has 0 saturated heterocycles.